The highest BCUT2D eigenvalue weighted by Gasteiger charge is 2.10. The summed E-state index contributed by atoms with van der Waals surface area (Å²) in [5, 5.41) is 4.27. The van der Waals surface area contributed by atoms with Crippen molar-refractivity contribution in [2.45, 2.75) is 13.0 Å². The number of rotatable bonds is 7. The number of ether oxygens (including phenoxy) is 1. The molecule has 0 amide bonds. The molecule has 0 aliphatic rings. The van der Waals surface area contributed by atoms with Crippen LogP contribution in [0.1, 0.15) is 12.2 Å². The van der Waals surface area contributed by atoms with Gasteiger partial charge < -0.3 is 14.5 Å². The normalized spacial score (nSPS) is 11.3. The van der Waals surface area contributed by atoms with Crippen molar-refractivity contribution in [3.63, 3.8) is 0 Å². The highest BCUT2D eigenvalue weighted by molar-refractivity contribution is 7.21. The Labute approximate surface area is 127 Å². The number of furan rings is 1. The molecular weight excluding hydrogens is 284 g/mol. The summed E-state index contributed by atoms with van der Waals surface area (Å²) < 4.78 is 12.1. The Kier molecular flexibility index (Phi) is 4.65. The van der Waals surface area contributed by atoms with E-state index < -0.39 is 0 Å². The summed E-state index contributed by atoms with van der Waals surface area (Å²) in [6.45, 7) is 2.43. The van der Waals surface area contributed by atoms with Gasteiger partial charge in [-0.25, -0.2) is 4.98 Å². The lowest BCUT2D eigenvalue weighted by atomic mass is 10.3. The molecule has 0 saturated carbocycles. The van der Waals surface area contributed by atoms with Crippen LogP contribution in [0.3, 0.4) is 0 Å². The van der Waals surface area contributed by atoms with Crippen LogP contribution in [0.2, 0.25) is 0 Å². The van der Waals surface area contributed by atoms with Gasteiger partial charge in [-0.1, -0.05) is 12.1 Å². The van der Waals surface area contributed by atoms with Gasteiger partial charge in [0.05, 0.1) is 16.8 Å². The molecule has 0 atom stereocenters. The highest BCUT2D eigenvalue weighted by Crippen LogP contribution is 2.30. The summed E-state index contributed by atoms with van der Waals surface area (Å²) in [4.78, 5) is 4.60. The van der Waals surface area contributed by atoms with Gasteiger partial charge in [0.1, 0.15) is 5.76 Å². The molecule has 21 heavy (non-hydrogen) atoms. The summed E-state index contributed by atoms with van der Waals surface area (Å²) >= 11 is 1.66. The second-order valence-corrected chi connectivity index (χ2v) is 5.81. The van der Waals surface area contributed by atoms with Crippen LogP contribution in [0.15, 0.2) is 40.8 Å². The average Bonchev–Trinajstić information content (AvgIpc) is 3.13. The molecule has 0 radical (unpaired) electrons. The third kappa shape index (κ3) is 3.50. The quantitative estimate of drug-likeness (QED) is 0.676. The molecule has 0 unspecified atom stereocenters. The topological polar surface area (TPSA) is 47.3 Å². The van der Waals surface area contributed by atoms with Gasteiger partial charge in [-0.15, -0.1) is 11.3 Å². The number of nitrogens with one attached hydrogen (secondary N) is 1. The van der Waals surface area contributed by atoms with Crippen LogP contribution in [0.4, 0.5) is 0 Å². The van der Waals surface area contributed by atoms with Crippen molar-refractivity contribution in [3.05, 3.63) is 42.2 Å². The monoisotopic (exact) mass is 302 g/mol. The zero-order valence-electron chi connectivity index (χ0n) is 12.0. The zero-order chi connectivity index (χ0) is 14.5. The Morgan fingerprint density at radius 1 is 1.24 bits per heavy atom. The van der Waals surface area contributed by atoms with Crippen LogP contribution in [0, 0.1) is 0 Å². The molecule has 3 rings (SSSR count). The number of benzene rings is 1. The molecule has 1 aromatic carbocycles. The fourth-order valence-corrected chi connectivity index (χ4v) is 3.05. The van der Waals surface area contributed by atoms with Crippen molar-refractivity contribution in [2.75, 3.05) is 20.3 Å². The van der Waals surface area contributed by atoms with E-state index in [0.717, 1.165) is 48.2 Å². The molecule has 0 bridgehead atoms. The molecule has 4 nitrogen and oxygen atoms in total. The van der Waals surface area contributed by atoms with Crippen molar-refractivity contribution in [1.29, 1.82) is 0 Å². The summed E-state index contributed by atoms with van der Waals surface area (Å²) in [5.41, 5.74) is 1.02. The number of para-hydroxylation sites is 1. The number of aromatic nitrogens is 1. The third-order valence-corrected chi connectivity index (χ3v) is 4.22. The van der Waals surface area contributed by atoms with Crippen LogP contribution in [0.25, 0.3) is 21.0 Å². The molecule has 0 spiro atoms. The Morgan fingerprint density at radius 3 is 3.00 bits per heavy atom. The van der Waals surface area contributed by atoms with E-state index in [2.05, 4.69) is 16.4 Å². The second-order valence-electron chi connectivity index (χ2n) is 4.78. The largest absolute Gasteiger partial charge is 0.457 e. The maximum absolute atomic E-state index is 5.86. The van der Waals surface area contributed by atoms with Gasteiger partial charge in [-0.2, -0.15) is 0 Å². The summed E-state index contributed by atoms with van der Waals surface area (Å²) in [7, 11) is 1.72. The number of hydrogen-bond donors (Lipinski definition) is 1. The molecule has 2 heterocycles. The molecule has 0 aliphatic carbocycles. The van der Waals surface area contributed by atoms with Gasteiger partial charge in [0.2, 0.25) is 0 Å². The zero-order valence-corrected chi connectivity index (χ0v) is 12.8. The van der Waals surface area contributed by atoms with Crippen LogP contribution in [0.5, 0.6) is 0 Å². The maximum Gasteiger partial charge on any atom is 0.163 e. The Bertz CT molecular complexity index is 672. The maximum atomic E-state index is 5.86. The van der Waals surface area contributed by atoms with Crippen molar-refractivity contribution < 1.29 is 9.15 Å². The SMILES string of the molecule is COCCCNCc1ccc(-c2nc3ccccc3s2)o1. The van der Waals surface area contributed by atoms with Crippen LogP contribution >= 0.6 is 11.3 Å². The minimum Gasteiger partial charge on any atom is -0.457 e. The predicted octanol–water partition coefficient (Wildman–Crippen LogP) is 3.68. The Hall–Kier alpha value is -1.69. The van der Waals surface area contributed by atoms with Gasteiger partial charge in [-0.3, -0.25) is 0 Å². The van der Waals surface area contributed by atoms with E-state index >= 15 is 0 Å². The van der Waals surface area contributed by atoms with Crippen molar-refractivity contribution in [3.8, 4) is 10.8 Å². The molecule has 1 N–H and O–H groups in total. The first kappa shape index (κ1) is 14.3. The fourth-order valence-electron chi connectivity index (χ4n) is 2.12. The molecule has 110 valence electrons. The van der Waals surface area contributed by atoms with E-state index in [9.17, 15) is 0 Å². The van der Waals surface area contributed by atoms with E-state index in [1.807, 2.05) is 30.3 Å². The van der Waals surface area contributed by atoms with Crippen LogP contribution < -0.4 is 5.32 Å². The Morgan fingerprint density at radius 2 is 2.14 bits per heavy atom. The lowest BCUT2D eigenvalue weighted by Gasteiger charge is -2.01. The number of thiazole rings is 1. The molecule has 3 aromatic rings. The van der Waals surface area contributed by atoms with E-state index in [1.165, 1.54) is 4.70 Å². The lowest BCUT2D eigenvalue weighted by molar-refractivity contribution is 0.194. The lowest BCUT2D eigenvalue weighted by Crippen LogP contribution is -2.15. The number of fused-ring (bicyclic) bond motifs is 1. The first-order chi connectivity index (χ1) is 10.4. The van der Waals surface area contributed by atoms with E-state index in [4.69, 9.17) is 9.15 Å². The standard InChI is InChI=1S/C16H18N2O2S/c1-19-10-4-9-17-11-12-7-8-14(20-12)16-18-13-5-2-3-6-15(13)21-16/h2-3,5-8,17H,4,9-11H2,1H3. The summed E-state index contributed by atoms with van der Waals surface area (Å²) in [6.07, 6.45) is 1.00. The van der Waals surface area contributed by atoms with Gasteiger partial charge in [-0.05, 0) is 37.2 Å². The number of hydrogen-bond acceptors (Lipinski definition) is 5. The van der Waals surface area contributed by atoms with E-state index in [1.54, 1.807) is 18.4 Å². The minimum atomic E-state index is 0.731. The smallest absolute Gasteiger partial charge is 0.163 e. The number of nitrogens with zero attached hydrogens (tertiary/aromatic N) is 1. The first-order valence-electron chi connectivity index (χ1n) is 7.01. The summed E-state index contributed by atoms with van der Waals surface area (Å²) in [5.74, 6) is 1.77. The van der Waals surface area contributed by atoms with Crippen LogP contribution in [-0.4, -0.2) is 25.2 Å². The van der Waals surface area contributed by atoms with Gasteiger partial charge in [0.15, 0.2) is 10.8 Å². The molecule has 5 heteroatoms. The van der Waals surface area contributed by atoms with Gasteiger partial charge in [0, 0.05) is 13.7 Å². The van der Waals surface area contributed by atoms with Gasteiger partial charge >= 0.3 is 0 Å². The highest BCUT2D eigenvalue weighted by atomic mass is 32.1. The third-order valence-electron chi connectivity index (χ3n) is 3.17. The molecule has 0 aliphatic heterocycles. The molecular formula is C16H18N2O2S. The molecule has 0 fully saturated rings. The summed E-state index contributed by atoms with van der Waals surface area (Å²) in [6, 6.07) is 12.1. The average molecular weight is 302 g/mol. The Balaban J connectivity index is 1.64. The molecule has 0 saturated heterocycles. The van der Waals surface area contributed by atoms with E-state index in [-0.39, 0.29) is 0 Å². The van der Waals surface area contributed by atoms with Crippen LogP contribution in [-0.2, 0) is 11.3 Å². The van der Waals surface area contributed by atoms with Gasteiger partial charge in [0.25, 0.3) is 0 Å². The first-order valence-corrected chi connectivity index (χ1v) is 7.83. The predicted molar refractivity (Wildman–Crippen MR) is 85.5 cm³/mol. The number of methoxy groups -OCH3 is 1. The van der Waals surface area contributed by atoms with E-state index in [0.29, 0.717) is 0 Å². The van der Waals surface area contributed by atoms with Crippen molar-refractivity contribution in [2.24, 2.45) is 0 Å². The van der Waals surface area contributed by atoms with Crippen molar-refractivity contribution in [1.82, 2.24) is 10.3 Å². The molecule has 2 aromatic heterocycles. The van der Waals surface area contributed by atoms with Crippen molar-refractivity contribution >= 4 is 21.6 Å². The second kappa shape index (κ2) is 6.85. The minimum absolute atomic E-state index is 0.731. The fraction of sp³-hybridized carbons (Fsp3) is 0.312.